The highest BCUT2D eigenvalue weighted by Gasteiger charge is 2.59. The standard InChI is InChI=1S/C37H30N2O3/c1-21(2)19-39-30-11-6-5-10-29(30)36(3,4)37(39)20-38-33-25-14-12-22(18-23(25)13-17-31(33)42-37)24-15-16-28-32-26(24)8-7-9-27(32)34(40)35(28)41/h5-18,20-21H,19H2,1-4H3. The molecule has 206 valence electrons. The summed E-state index contributed by atoms with van der Waals surface area (Å²) < 4.78 is 7.04. The third-order valence-electron chi connectivity index (χ3n) is 9.35. The molecule has 1 aliphatic carbocycles. The Hall–Kier alpha value is -4.77. The fraction of sp³-hybridized carbons (Fsp3) is 0.216. The molecule has 8 rings (SSSR count). The van der Waals surface area contributed by atoms with Crippen LogP contribution in [0, 0.1) is 5.92 Å². The Morgan fingerprint density at radius 1 is 0.810 bits per heavy atom. The van der Waals surface area contributed by atoms with E-state index in [-0.39, 0.29) is 5.41 Å². The number of anilines is 1. The lowest BCUT2D eigenvalue weighted by molar-refractivity contribution is 0.0757. The minimum Gasteiger partial charge on any atom is -0.459 e. The van der Waals surface area contributed by atoms with Gasteiger partial charge >= 0.3 is 0 Å². The summed E-state index contributed by atoms with van der Waals surface area (Å²) in [4.78, 5) is 32.6. The van der Waals surface area contributed by atoms with Crippen molar-refractivity contribution in [1.82, 2.24) is 0 Å². The van der Waals surface area contributed by atoms with E-state index in [4.69, 9.17) is 9.73 Å². The number of ketones is 2. The van der Waals surface area contributed by atoms with Crippen molar-refractivity contribution < 1.29 is 14.3 Å². The SMILES string of the molecule is CC(C)CN1c2ccccc2C(C)(C)C12C=Nc1c(ccc3cc(-c4ccc5c6c(cccc46)C(=O)C5=O)ccc13)O2. The van der Waals surface area contributed by atoms with Crippen molar-refractivity contribution in [3.8, 4) is 16.9 Å². The maximum absolute atomic E-state index is 12.5. The van der Waals surface area contributed by atoms with E-state index >= 15 is 0 Å². The van der Waals surface area contributed by atoms with Gasteiger partial charge in [0.15, 0.2) is 0 Å². The largest absolute Gasteiger partial charge is 0.459 e. The number of fused-ring (bicyclic) bond motifs is 4. The number of hydrogen-bond donors (Lipinski definition) is 0. The fourth-order valence-corrected chi connectivity index (χ4v) is 7.26. The van der Waals surface area contributed by atoms with Gasteiger partial charge in [-0.2, -0.15) is 0 Å². The molecule has 0 radical (unpaired) electrons. The zero-order valence-corrected chi connectivity index (χ0v) is 24.1. The molecule has 0 saturated carbocycles. The van der Waals surface area contributed by atoms with Gasteiger partial charge in [-0.05, 0) is 71.5 Å². The van der Waals surface area contributed by atoms with E-state index in [1.807, 2.05) is 30.5 Å². The number of hydrogen-bond acceptors (Lipinski definition) is 5. The molecule has 42 heavy (non-hydrogen) atoms. The molecule has 5 aromatic carbocycles. The summed E-state index contributed by atoms with van der Waals surface area (Å²) in [6, 6.07) is 28.4. The van der Waals surface area contributed by atoms with E-state index in [0.717, 1.165) is 50.7 Å². The van der Waals surface area contributed by atoms with Crippen LogP contribution >= 0.6 is 0 Å². The number of Topliss-reactive ketones (excluding diaryl/α,β-unsaturated/α-hetero) is 2. The van der Waals surface area contributed by atoms with Crippen LogP contribution in [0.4, 0.5) is 11.4 Å². The molecule has 0 N–H and O–H groups in total. The molecule has 3 aliphatic rings. The normalized spacial score (nSPS) is 19.7. The van der Waals surface area contributed by atoms with Crippen LogP contribution in [0.2, 0.25) is 0 Å². The van der Waals surface area contributed by atoms with Gasteiger partial charge in [0.25, 0.3) is 0 Å². The van der Waals surface area contributed by atoms with Gasteiger partial charge in [0, 0.05) is 34.1 Å². The Morgan fingerprint density at radius 2 is 1.57 bits per heavy atom. The lowest BCUT2D eigenvalue weighted by atomic mass is 9.77. The summed E-state index contributed by atoms with van der Waals surface area (Å²) in [7, 11) is 0. The number of para-hydroxylation sites is 1. The molecule has 0 saturated heterocycles. The van der Waals surface area contributed by atoms with Crippen molar-refractivity contribution in [1.29, 1.82) is 0 Å². The number of aliphatic imine (C=N–C) groups is 1. The van der Waals surface area contributed by atoms with Crippen LogP contribution in [0.3, 0.4) is 0 Å². The van der Waals surface area contributed by atoms with Gasteiger partial charge in [-0.1, -0.05) is 74.5 Å². The summed E-state index contributed by atoms with van der Waals surface area (Å²) in [5.74, 6) is 0.372. The second kappa shape index (κ2) is 8.39. The third kappa shape index (κ3) is 3.11. The first-order chi connectivity index (χ1) is 20.2. The van der Waals surface area contributed by atoms with E-state index in [2.05, 4.69) is 81.1 Å². The van der Waals surface area contributed by atoms with Crippen molar-refractivity contribution >= 4 is 50.7 Å². The molecule has 1 atom stereocenters. The first kappa shape index (κ1) is 25.0. The average Bonchev–Trinajstić information content (AvgIpc) is 3.34. The summed E-state index contributed by atoms with van der Waals surface area (Å²) in [5.41, 5.74) is 5.23. The lowest BCUT2D eigenvalue weighted by Crippen LogP contribution is -2.62. The number of nitrogens with zero attached hydrogens (tertiary/aromatic N) is 2. The second-order valence-electron chi connectivity index (χ2n) is 12.6. The number of rotatable bonds is 3. The zero-order chi connectivity index (χ0) is 29.0. The predicted molar refractivity (Wildman–Crippen MR) is 169 cm³/mol. The van der Waals surface area contributed by atoms with Crippen molar-refractivity contribution in [3.05, 3.63) is 102 Å². The fourth-order valence-electron chi connectivity index (χ4n) is 7.26. The highest BCUT2D eigenvalue weighted by atomic mass is 16.5. The summed E-state index contributed by atoms with van der Waals surface area (Å²) in [6.45, 7) is 9.81. The summed E-state index contributed by atoms with van der Waals surface area (Å²) in [6.07, 6.45) is 2.02. The van der Waals surface area contributed by atoms with Crippen LogP contribution in [0.25, 0.3) is 32.7 Å². The Morgan fingerprint density at radius 3 is 2.38 bits per heavy atom. The molecule has 5 aromatic rings. The predicted octanol–water partition coefficient (Wildman–Crippen LogP) is 8.28. The van der Waals surface area contributed by atoms with Gasteiger partial charge in [0.05, 0.1) is 11.6 Å². The number of carbonyl (C=O) groups excluding carboxylic acids is 2. The van der Waals surface area contributed by atoms with E-state index in [9.17, 15) is 9.59 Å². The molecule has 0 bridgehead atoms. The molecule has 5 heteroatoms. The van der Waals surface area contributed by atoms with Gasteiger partial charge in [-0.3, -0.25) is 14.6 Å². The maximum Gasteiger partial charge on any atom is 0.234 e. The van der Waals surface area contributed by atoms with Crippen LogP contribution in [-0.2, 0) is 5.41 Å². The highest BCUT2D eigenvalue weighted by molar-refractivity contribution is 6.57. The second-order valence-corrected chi connectivity index (χ2v) is 12.6. The summed E-state index contributed by atoms with van der Waals surface area (Å²) >= 11 is 0. The molecular formula is C37H30N2O3. The molecular weight excluding hydrogens is 520 g/mol. The zero-order valence-electron chi connectivity index (χ0n) is 24.1. The Labute approximate surface area is 244 Å². The van der Waals surface area contributed by atoms with E-state index in [0.29, 0.717) is 17.0 Å². The maximum atomic E-state index is 12.5. The molecule has 1 unspecified atom stereocenters. The molecule has 0 amide bonds. The van der Waals surface area contributed by atoms with E-state index in [1.165, 1.54) is 11.3 Å². The smallest absolute Gasteiger partial charge is 0.234 e. The summed E-state index contributed by atoms with van der Waals surface area (Å²) in [5, 5.41) is 3.73. The van der Waals surface area contributed by atoms with Gasteiger partial charge in [-0.25, -0.2) is 0 Å². The number of carbonyl (C=O) groups is 2. The Bertz CT molecular complexity index is 2030. The van der Waals surface area contributed by atoms with Crippen molar-refractivity contribution in [2.75, 3.05) is 11.4 Å². The topological polar surface area (TPSA) is 59.0 Å². The van der Waals surface area contributed by atoms with Gasteiger partial charge in [-0.15, -0.1) is 0 Å². The van der Waals surface area contributed by atoms with Crippen LogP contribution < -0.4 is 9.64 Å². The van der Waals surface area contributed by atoms with Gasteiger partial charge in [0.2, 0.25) is 17.3 Å². The van der Waals surface area contributed by atoms with E-state index < -0.39 is 17.3 Å². The molecule has 5 nitrogen and oxygen atoms in total. The third-order valence-corrected chi connectivity index (χ3v) is 9.35. The first-order valence-corrected chi connectivity index (χ1v) is 14.5. The molecule has 2 aliphatic heterocycles. The minimum atomic E-state index is -0.735. The van der Waals surface area contributed by atoms with Crippen molar-refractivity contribution in [2.45, 2.75) is 38.8 Å². The highest BCUT2D eigenvalue weighted by Crippen LogP contribution is 2.55. The van der Waals surface area contributed by atoms with Gasteiger partial charge < -0.3 is 9.64 Å². The monoisotopic (exact) mass is 550 g/mol. The van der Waals surface area contributed by atoms with E-state index in [1.54, 1.807) is 12.1 Å². The molecule has 1 spiro atoms. The van der Waals surface area contributed by atoms with Crippen molar-refractivity contribution in [3.63, 3.8) is 0 Å². The van der Waals surface area contributed by atoms with Gasteiger partial charge in [0.1, 0.15) is 11.4 Å². The minimum absolute atomic E-state index is 0.322. The molecule has 2 heterocycles. The lowest BCUT2D eigenvalue weighted by Gasteiger charge is -2.46. The molecule has 0 fully saturated rings. The van der Waals surface area contributed by atoms with Crippen LogP contribution in [0.1, 0.15) is 54.0 Å². The molecule has 0 aromatic heterocycles. The Kier molecular flexibility index (Phi) is 4.99. The quantitative estimate of drug-likeness (QED) is 0.212. The number of benzene rings is 5. The van der Waals surface area contributed by atoms with Crippen LogP contribution in [0.5, 0.6) is 5.75 Å². The first-order valence-electron chi connectivity index (χ1n) is 14.5. The van der Waals surface area contributed by atoms with Crippen LogP contribution in [-0.4, -0.2) is 30.1 Å². The van der Waals surface area contributed by atoms with Crippen LogP contribution in [0.15, 0.2) is 89.9 Å². The Balaban J connectivity index is 1.24. The number of ether oxygens (including phenoxy) is 1. The van der Waals surface area contributed by atoms with Crippen molar-refractivity contribution in [2.24, 2.45) is 10.9 Å². The average molecular weight is 551 g/mol.